The van der Waals surface area contributed by atoms with Crippen molar-refractivity contribution in [3.8, 4) is 0 Å². The van der Waals surface area contributed by atoms with E-state index >= 15 is 0 Å². The van der Waals surface area contributed by atoms with Crippen molar-refractivity contribution >= 4 is 10.2 Å². The van der Waals surface area contributed by atoms with Crippen molar-refractivity contribution in [1.29, 1.82) is 0 Å². The Morgan fingerprint density at radius 3 is 2.07 bits per heavy atom. The maximum Gasteiger partial charge on any atom is 0.0625 e. The van der Waals surface area contributed by atoms with Crippen LogP contribution in [0, 0.1) is 0 Å². The molecule has 0 amide bonds. The van der Waals surface area contributed by atoms with Crippen molar-refractivity contribution < 1.29 is 0 Å². The van der Waals surface area contributed by atoms with E-state index in [1.54, 1.807) is 0 Å². The molecule has 0 spiro atoms. The highest BCUT2D eigenvalue weighted by Gasteiger charge is 2.27. The average Bonchev–Trinajstić information content (AvgIpc) is 2.16. The molecule has 92 valence electrons. The zero-order valence-electron chi connectivity index (χ0n) is 11.4. The smallest absolute Gasteiger partial charge is 0.0625 e. The topological polar surface area (TPSA) is 27.3 Å². The van der Waals surface area contributed by atoms with Crippen LogP contribution in [0.1, 0.15) is 34.6 Å². The summed E-state index contributed by atoms with van der Waals surface area (Å²) in [4.78, 5) is 2.50. The fourth-order valence-corrected chi connectivity index (χ4v) is 2.43. The van der Waals surface area contributed by atoms with Crippen molar-refractivity contribution in [2.45, 2.75) is 45.8 Å². The molecule has 0 aliphatic rings. The Morgan fingerprint density at radius 2 is 1.73 bits per heavy atom. The van der Waals surface area contributed by atoms with Crippen LogP contribution < -0.4 is 10.6 Å². The van der Waals surface area contributed by atoms with E-state index in [0.29, 0.717) is 11.2 Å². The largest absolute Gasteiger partial charge is 0.305 e. The van der Waals surface area contributed by atoms with Gasteiger partial charge < -0.3 is 5.32 Å². The maximum absolute atomic E-state index is 3.61. The zero-order valence-corrected chi connectivity index (χ0v) is 13.4. The quantitative estimate of drug-likeness (QED) is 0.359. The standard InChI is InChI=1S/C11H29N3Si/c1-6-12-9-13-10(11(4,5)15)14(7-2)8-3/h10,12-13H,6-9H2,1-5,15H3. The molecule has 0 aliphatic carbocycles. The highest BCUT2D eigenvalue weighted by molar-refractivity contribution is 6.15. The summed E-state index contributed by atoms with van der Waals surface area (Å²) in [5, 5.41) is 7.35. The summed E-state index contributed by atoms with van der Waals surface area (Å²) in [7, 11) is 1.20. The van der Waals surface area contributed by atoms with E-state index in [9.17, 15) is 0 Å². The molecule has 0 saturated carbocycles. The molecule has 0 aromatic carbocycles. The third kappa shape index (κ3) is 5.66. The molecule has 4 heteroatoms. The van der Waals surface area contributed by atoms with E-state index in [1.165, 1.54) is 10.2 Å². The predicted octanol–water partition coefficient (Wildman–Crippen LogP) is 0.375. The van der Waals surface area contributed by atoms with Crippen molar-refractivity contribution in [2.24, 2.45) is 0 Å². The molecule has 0 heterocycles. The SMILES string of the molecule is CCNCNC(N(CC)CC)C(C)(C)[SiH3]. The molecule has 0 radical (unpaired) electrons. The molecule has 0 aliphatic heterocycles. The first-order valence-electron chi connectivity index (χ1n) is 6.15. The van der Waals surface area contributed by atoms with Crippen LogP contribution in [0.4, 0.5) is 0 Å². The van der Waals surface area contributed by atoms with Gasteiger partial charge in [-0.1, -0.05) is 34.6 Å². The Labute approximate surface area is 98.4 Å². The van der Waals surface area contributed by atoms with Gasteiger partial charge in [0.25, 0.3) is 0 Å². The second-order valence-corrected chi connectivity index (χ2v) is 7.55. The minimum Gasteiger partial charge on any atom is -0.305 e. The van der Waals surface area contributed by atoms with Crippen LogP contribution in [0.25, 0.3) is 0 Å². The van der Waals surface area contributed by atoms with Gasteiger partial charge in [-0.3, -0.25) is 10.2 Å². The van der Waals surface area contributed by atoms with E-state index in [4.69, 9.17) is 0 Å². The van der Waals surface area contributed by atoms with Gasteiger partial charge in [0.2, 0.25) is 0 Å². The van der Waals surface area contributed by atoms with Gasteiger partial charge in [-0.25, -0.2) is 0 Å². The molecule has 2 N–H and O–H groups in total. The molecule has 1 atom stereocenters. The highest BCUT2D eigenvalue weighted by Crippen LogP contribution is 2.26. The highest BCUT2D eigenvalue weighted by atomic mass is 28.1. The van der Waals surface area contributed by atoms with Crippen molar-refractivity contribution in [3.63, 3.8) is 0 Å². The summed E-state index contributed by atoms with van der Waals surface area (Å²) >= 11 is 0. The van der Waals surface area contributed by atoms with Crippen LogP contribution in [0.3, 0.4) is 0 Å². The Hall–Kier alpha value is 0.0969. The molecule has 3 nitrogen and oxygen atoms in total. The Bertz CT molecular complexity index is 152. The monoisotopic (exact) mass is 231 g/mol. The lowest BCUT2D eigenvalue weighted by Crippen LogP contribution is -2.53. The molecule has 0 aromatic heterocycles. The third-order valence-corrected chi connectivity index (χ3v) is 3.22. The molecule has 0 saturated heterocycles. The number of nitrogens with one attached hydrogen (secondary N) is 2. The number of hydrogen-bond acceptors (Lipinski definition) is 3. The minimum atomic E-state index is 0.404. The first-order chi connectivity index (χ1) is 6.97. The van der Waals surface area contributed by atoms with Crippen molar-refractivity contribution in [1.82, 2.24) is 15.5 Å². The molecular formula is C11H29N3Si. The molecule has 0 rings (SSSR count). The molecule has 0 aromatic rings. The van der Waals surface area contributed by atoms with Gasteiger partial charge in [0, 0.05) is 16.9 Å². The van der Waals surface area contributed by atoms with Crippen LogP contribution in [-0.4, -0.2) is 47.6 Å². The van der Waals surface area contributed by atoms with Gasteiger partial charge in [-0.2, -0.15) is 0 Å². The molecule has 0 fully saturated rings. The first kappa shape index (κ1) is 15.1. The lowest BCUT2D eigenvalue weighted by atomic mass is 10.1. The minimum absolute atomic E-state index is 0.404. The Kier molecular flexibility index (Phi) is 7.43. The van der Waals surface area contributed by atoms with Crippen LogP contribution in [0.15, 0.2) is 0 Å². The normalized spacial score (nSPS) is 14.8. The molecular weight excluding hydrogens is 202 g/mol. The Balaban J connectivity index is 4.30. The Morgan fingerprint density at radius 1 is 1.20 bits per heavy atom. The van der Waals surface area contributed by atoms with Crippen molar-refractivity contribution in [2.75, 3.05) is 26.3 Å². The molecule has 1 unspecified atom stereocenters. The van der Waals surface area contributed by atoms with Crippen molar-refractivity contribution in [3.05, 3.63) is 0 Å². The van der Waals surface area contributed by atoms with Crippen LogP contribution >= 0.6 is 0 Å². The predicted molar refractivity (Wildman–Crippen MR) is 72.4 cm³/mol. The van der Waals surface area contributed by atoms with E-state index in [2.05, 4.69) is 50.2 Å². The zero-order chi connectivity index (χ0) is 11.9. The van der Waals surface area contributed by atoms with E-state index in [0.717, 1.165) is 26.3 Å². The van der Waals surface area contributed by atoms with E-state index in [-0.39, 0.29) is 0 Å². The van der Waals surface area contributed by atoms with E-state index in [1.807, 2.05) is 0 Å². The third-order valence-electron chi connectivity index (χ3n) is 2.67. The summed E-state index contributed by atoms with van der Waals surface area (Å²) in [6.45, 7) is 15.5. The fourth-order valence-electron chi connectivity index (χ4n) is 1.87. The number of nitrogens with zero attached hydrogens (tertiary/aromatic N) is 1. The van der Waals surface area contributed by atoms with Crippen LogP contribution in [-0.2, 0) is 0 Å². The second-order valence-electron chi connectivity index (χ2n) is 4.97. The van der Waals surface area contributed by atoms with Gasteiger partial charge in [0.1, 0.15) is 0 Å². The van der Waals surface area contributed by atoms with Gasteiger partial charge in [-0.15, -0.1) is 0 Å². The molecule has 0 bridgehead atoms. The van der Waals surface area contributed by atoms with Gasteiger partial charge in [-0.05, 0) is 24.7 Å². The summed E-state index contributed by atoms with van der Waals surface area (Å²) in [6, 6.07) is 0. The maximum atomic E-state index is 3.61. The van der Waals surface area contributed by atoms with Gasteiger partial charge in [0.05, 0.1) is 6.17 Å². The summed E-state index contributed by atoms with van der Waals surface area (Å²) in [6.07, 6.45) is 0.498. The lowest BCUT2D eigenvalue weighted by molar-refractivity contribution is 0.143. The van der Waals surface area contributed by atoms with E-state index < -0.39 is 0 Å². The summed E-state index contributed by atoms with van der Waals surface area (Å²) in [5.74, 6) is 0. The lowest BCUT2D eigenvalue weighted by Gasteiger charge is -2.40. The second kappa shape index (κ2) is 7.38. The summed E-state index contributed by atoms with van der Waals surface area (Å²) < 4.78 is 0. The van der Waals surface area contributed by atoms with Crippen LogP contribution in [0.2, 0.25) is 5.04 Å². The fraction of sp³-hybridized carbons (Fsp3) is 1.00. The van der Waals surface area contributed by atoms with Gasteiger partial charge >= 0.3 is 0 Å². The van der Waals surface area contributed by atoms with Crippen LogP contribution in [0.5, 0.6) is 0 Å². The van der Waals surface area contributed by atoms with Gasteiger partial charge in [0.15, 0.2) is 0 Å². The first-order valence-corrected chi connectivity index (χ1v) is 7.15. The molecule has 15 heavy (non-hydrogen) atoms. The number of hydrogen-bond donors (Lipinski definition) is 2. The summed E-state index contributed by atoms with van der Waals surface area (Å²) in [5.41, 5.74) is 0. The number of rotatable bonds is 8. The average molecular weight is 231 g/mol.